The van der Waals surface area contributed by atoms with Crippen LogP contribution < -0.4 is 15.8 Å². The fourth-order valence-corrected chi connectivity index (χ4v) is 4.67. The average Bonchev–Trinajstić information content (AvgIpc) is 2.85. The smallest absolute Gasteiger partial charge is 0.242 e. The molecule has 3 rings (SSSR count). The van der Waals surface area contributed by atoms with Crippen LogP contribution in [0.25, 0.3) is 0 Å². The molecule has 2 amide bonds. The number of hydrogen-bond donors (Lipinski definition) is 2. The van der Waals surface area contributed by atoms with E-state index in [2.05, 4.69) is 27.2 Å². The van der Waals surface area contributed by atoms with Gasteiger partial charge in [0.2, 0.25) is 11.8 Å². The predicted molar refractivity (Wildman–Crippen MR) is 127 cm³/mol. The number of hydrogen-bond acceptors (Lipinski definition) is 7. The van der Waals surface area contributed by atoms with Crippen LogP contribution in [-0.2, 0) is 20.9 Å². The Hall–Kier alpha value is -2.20. The highest BCUT2D eigenvalue weighted by Crippen LogP contribution is 2.25. The maximum absolute atomic E-state index is 12.9. The number of rotatable bonds is 10. The molecule has 0 aliphatic carbocycles. The molecule has 1 aromatic carbocycles. The monoisotopic (exact) mass is 461 g/mol. The number of likely N-dealkylation sites (tertiary alicyclic amines) is 1. The van der Waals surface area contributed by atoms with Crippen molar-refractivity contribution in [2.75, 3.05) is 66.1 Å². The van der Waals surface area contributed by atoms with Gasteiger partial charge in [0.1, 0.15) is 11.8 Å². The Morgan fingerprint density at radius 1 is 1.21 bits per heavy atom. The van der Waals surface area contributed by atoms with Gasteiger partial charge in [-0.3, -0.25) is 19.4 Å². The van der Waals surface area contributed by atoms with Gasteiger partial charge in [0, 0.05) is 65.3 Å². The molecule has 9 nitrogen and oxygen atoms in total. The van der Waals surface area contributed by atoms with Crippen molar-refractivity contribution in [3.63, 3.8) is 0 Å². The van der Waals surface area contributed by atoms with Gasteiger partial charge in [-0.1, -0.05) is 12.1 Å². The number of ether oxygens (including phenoxy) is 2. The number of methoxy groups -OCH3 is 1. The second-order valence-corrected chi connectivity index (χ2v) is 8.76. The molecule has 33 heavy (non-hydrogen) atoms. The van der Waals surface area contributed by atoms with Gasteiger partial charge in [-0.2, -0.15) is 0 Å². The number of morpholine rings is 1. The van der Waals surface area contributed by atoms with Crippen LogP contribution in [0.1, 0.15) is 25.3 Å². The summed E-state index contributed by atoms with van der Waals surface area (Å²) in [6, 6.07) is 7.90. The van der Waals surface area contributed by atoms with E-state index < -0.39 is 6.04 Å². The van der Waals surface area contributed by atoms with Crippen molar-refractivity contribution in [3.8, 4) is 5.75 Å². The Balaban J connectivity index is 1.73. The number of carbonyl (C=O) groups excluding carboxylic acids is 2. The van der Waals surface area contributed by atoms with Crippen molar-refractivity contribution in [1.82, 2.24) is 20.0 Å². The molecule has 9 heteroatoms. The zero-order chi connectivity index (χ0) is 23.6. The Bertz CT molecular complexity index is 754. The van der Waals surface area contributed by atoms with E-state index in [0.717, 1.165) is 58.1 Å². The van der Waals surface area contributed by atoms with Gasteiger partial charge in [-0.05, 0) is 30.5 Å². The summed E-state index contributed by atoms with van der Waals surface area (Å²) in [4.78, 5) is 31.7. The summed E-state index contributed by atoms with van der Waals surface area (Å²) in [6.07, 6.45) is 1.47. The third kappa shape index (κ3) is 7.40. The topological polar surface area (TPSA) is 100 Å². The minimum absolute atomic E-state index is 0.0589. The molecule has 2 aliphatic rings. The lowest BCUT2D eigenvalue weighted by Gasteiger charge is -2.43. The third-order valence-electron chi connectivity index (χ3n) is 6.59. The van der Waals surface area contributed by atoms with E-state index in [1.807, 2.05) is 12.1 Å². The minimum atomic E-state index is -0.463. The first kappa shape index (κ1) is 25.4. The lowest BCUT2D eigenvalue weighted by atomic mass is 9.94. The molecule has 0 bridgehead atoms. The summed E-state index contributed by atoms with van der Waals surface area (Å²) >= 11 is 0. The molecule has 0 spiro atoms. The number of nitrogens with one attached hydrogen (secondary N) is 1. The second kappa shape index (κ2) is 12.9. The van der Waals surface area contributed by atoms with E-state index >= 15 is 0 Å². The van der Waals surface area contributed by atoms with Crippen LogP contribution in [0.3, 0.4) is 0 Å². The molecule has 1 aromatic rings. The van der Waals surface area contributed by atoms with Crippen LogP contribution >= 0.6 is 0 Å². The Kier molecular flexibility index (Phi) is 9.93. The van der Waals surface area contributed by atoms with Gasteiger partial charge < -0.3 is 25.4 Å². The first-order valence-electron chi connectivity index (χ1n) is 11.9. The Morgan fingerprint density at radius 2 is 1.94 bits per heavy atom. The molecule has 0 radical (unpaired) electrons. The highest BCUT2D eigenvalue weighted by molar-refractivity contribution is 5.87. The number of nitrogens with two attached hydrogens (primary N) is 1. The fourth-order valence-electron chi connectivity index (χ4n) is 4.67. The predicted octanol–water partition coefficient (Wildman–Crippen LogP) is 0.284. The summed E-state index contributed by atoms with van der Waals surface area (Å²) in [7, 11) is 1.67. The summed E-state index contributed by atoms with van der Waals surface area (Å²) in [5.74, 6) is 0.666. The molecular formula is C24H39N5O4. The SMILES string of the molecule is COc1ccc(CN(CCN2CCOCC2)C2CCN(C(C)=O)[C@@H](C(=O)NCCN)C2)cc1. The van der Waals surface area contributed by atoms with Crippen molar-refractivity contribution in [3.05, 3.63) is 29.8 Å². The van der Waals surface area contributed by atoms with Crippen LogP contribution in [0, 0.1) is 0 Å². The number of amides is 2. The molecule has 2 atom stereocenters. The highest BCUT2D eigenvalue weighted by Gasteiger charge is 2.37. The van der Waals surface area contributed by atoms with Crippen LogP contribution in [0.2, 0.25) is 0 Å². The van der Waals surface area contributed by atoms with E-state index in [1.54, 1.807) is 12.0 Å². The third-order valence-corrected chi connectivity index (χ3v) is 6.59. The molecule has 2 fully saturated rings. The van der Waals surface area contributed by atoms with Crippen molar-refractivity contribution in [2.45, 2.75) is 38.4 Å². The summed E-state index contributed by atoms with van der Waals surface area (Å²) in [5.41, 5.74) is 6.77. The largest absolute Gasteiger partial charge is 0.497 e. The lowest BCUT2D eigenvalue weighted by Crippen LogP contribution is -2.57. The zero-order valence-electron chi connectivity index (χ0n) is 20.0. The van der Waals surface area contributed by atoms with Gasteiger partial charge in [-0.15, -0.1) is 0 Å². The minimum Gasteiger partial charge on any atom is -0.497 e. The number of benzene rings is 1. The number of nitrogens with zero attached hydrogens (tertiary/aromatic N) is 3. The Labute approximate surface area is 197 Å². The maximum Gasteiger partial charge on any atom is 0.242 e. The average molecular weight is 462 g/mol. The van der Waals surface area contributed by atoms with E-state index in [4.69, 9.17) is 15.2 Å². The number of carbonyl (C=O) groups is 2. The van der Waals surface area contributed by atoms with Crippen molar-refractivity contribution < 1.29 is 19.1 Å². The van der Waals surface area contributed by atoms with E-state index in [9.17, 15) is 9.59 Å². The molecule has 0 aromatic heterocycles. The quantitative estimate of drug-likeness (QED) is 0.516. The van der Waals surface area contributed by atoms with E-state index in [0.29, 0.717) is 26.1 Å². The molecule has 1 unspecified atom stereocenters. The van der Waals surface area contributed by atoms with Gasteiger partial charge in [0.15, 0.2) is 0 Å². The zero-order valence-corrected chi connectivity index (χ0v) is 20.0. The molecule has 0 saturated carbocycles. The van der Waals surface area contributed by atoms with Crippen LogP contribution in [0.4, 0.5) is 0 Å². The second-order valence-electron chi connectivity index (χ2n) is 8.76. The van der Waals surface area contributed by atoms with Gasteiger partial charge in [0.25, 0.3) is 0 Å². The molecule has 2 saturated heterocycles. The van der Waals surface area contributed by atoms with Gasteiger partial charge >= 0.3 is 0 Å². The Morgan fingerprint density at radius 3 is 2.58 bits per heavy atom. The van der Waals surface area contributed by atoms with E-state index in [1.165, 1.54) is 12.5 Å². The molecule has 184 valence electrons. The van der Waals surface area contributed by atoms with Crippen molar-refractivity contribution >= 4 is 11.8 Å². The van der Waals surface area contributed by atoms with Crippen molar-refractivity contribution in [2.24, 2.45) is 5.73 Å². The lowest BCUT2D eigenvalue weighted by molar-refractivity contribution is -0.142. The first-order chi connectivity index (χ1) is 16.0. The summed E-state index contributed by atoms with van der Waals surface area (Å²) in [6.45, 7) is 9.00. The maximum atomic E-state index is 12.9. The van der Waals surface area contributed by atoms with Gasteiger partial charge in [-0.25, -0.2) is 0 Å². The van der Waals surface area contributed by atoms with Crippen LogP contribution in [0.15, 0.2) is 24.3 Å². The normalized spacial score (nSPS) is 21.8. The molecule has 2 aliphatic heterocycles. The highest BCUT2D eigenvalue weighted by atomic mass is 16.5. The van der Waals surface area contributed by atoms with Crippen LogP contribution in [-0.4, -0.2) is 105 Å². The standard InChI is InChI=1S/C24H39N5O4/c1-19(30)29-10-7-21(17-23(29)24(31)26-9-8-25)28(12-11-27-13-15-33-16-14-27)18-20-3-5-22(32-2)6-4-20/h3-6,21,23H,7-18,25H2,1-2H3,(H,26,31)/t21?,23-/m1/s1. The summed E-state index contributed by atoms with van der Waals surface area (Å²) < 4.78 is 10.8. The summed E-state index contributed by atoms with van der Waals surface area (Å²) in [5, 5.41) is 2.88. The fraction of sp³-hybridized carbons (Fsp3) is 0.667. The molecule has 2 heterocycles. The molecule has 3 N–H and O–H groups in total. The van der Waals surface area contributed by atoms with E-state index in [-0.39, 0.29) is 17.9 Å². The van der Waals surface area contributed by atoms with Crippen LogP contribution in [0.5, 0.6) is 5.75 Å². The first-order valence-corrected chi connectivity index (χ1v) is 11.9. The van der Waals surface area contributed by atoms with Gasteiger partial charge in [0.05, 0.1) is 20.3 Å². The molecular weight excluding hydrogens is 422 g/mol. The number of piperidine rings is 1. The van der Waals surface area contributed by atoms with Crippen molar-refractivity contribution in [1.29, 1.82) is 0 Å².